The van der Waals surface area contributed by atoms with Crippen molar-refractivity contribution in [2.75, 3.05) is 0 Å². The van der Waals surface area contributed by atoms with Crippen LogP contribution in [-0.4, -0.2) is 0 Å². The molecule has 0 aliphatic carbocycles. The van der Waals surface area contributed by atoms with Crippen LogP contribution in [0.25, 0.3) is 249 Å². The molecule has 0 unspecified atom stereocenters. The molecular weight excluding hydrogens is 1520 g/mol. The molecule has 0 amide bonds. The van der Waals surface area contributed by atoms with Crippen molar-refractivity contribution < 1.29 is 0 Å². The Labute approximate surface area is 728 Å². The number of fused-ring (bicyclic) bond motifs is 26. The van der Waals surface area contributed by atoms with Crippen molar-refractivity contribution in [2.24, 2.45) is 0 Å². The minimum Gasteiger partial charge on any atom is -0.135 e. The van der Waals surface area contributed by atoms with Gasteiger partial charge in [-0.15, -0.1) is 11.3 Å². The Hall–Kier alpha value is -15.9. The van der Waals surface area contributed by atoms with Crippen molar-refractivity contribution in [1.29, 1.82) is 0 Å². The summed E-state index contributed by atoms with van der Waals surface area (Å²) in [4.78, 5) is 0. The molecule has 0 atom stereocenters. The van der Waals surface area contributed by atoms with Gasteiger partial charge in [0.05, 0.1) is 0 Å². The maximum absolute atomic E-state index is 2.38. The Balaban J connectivity index is 0.000000106. The number of hydrogen-bond donors (Lipinski definition) is 0. The van der Waals surface area contributed by atoms with Crippen LogP contribution < -0.4 is 0 Å². The van der Waals surface area contributed by atoms with Gasteiger partial charge in [-0.2, -0.15) is 0 Å². The normalized spacial score (nSPS) is 11.7. The first-order chi connectivity index (χ1) is 61.9. The maximum atomic E-state index is 2.38. The van der Waals surface area contributed by atoms with Crippen LogP contribution in [0.2, 0.25) is 0 Å². The first-order valence-electron chi connectivity index (χ1n) is 43.2. The number of hydrogen-bond acceptors (Lipinski definition) is 1. The van der Waals surface area contributed by atoms with E-state index in [0.717, 1.165) is 0 Å². The highest BCUT2D eigenvalue weighted by Crippen LogP contribution is 2.46. The Morgan fingerprint density at radius 2 is 0.344 bits per heavy atom. The van der Waals surface area contributed by atoms with Crippen LogP contribution in [0, 0.1) is 0 Å². The summed E-state index contributed by atoms with van der Waals surface area (Å²) in [6, 6.07) is 174. The van der Waals surface area contributed by atoms with E-state index in [1.54, 1.807) is 0 Å². The number of thiophene rings is 1. The topological polar surface area (TPSA) is 0 Å². The highest BCUT2D eigenvalue weighted by atomic mass is 32.1. The third-order valence-corrected chi connectivity index (χ3v) is 27.3. The molecule has 26 rings (SSSR count). The molecule has 0 fully saturated rings. The molecule has 26 aromatic rings. The Morgan fingerprint density at radius 1 is 0.104 bits per heavy atom. The second kappa shape index (κ2) is 30.7. The maximum Gasteiger partial charge on any atom is 0.0433 e. The standard InChI is InChI=1S/C48H30.C40H26.C36H22S/c1-3-19-41-37(15-1)39-17-5-7-21-43(39)47-29-35(23-25-45(41)47)33-13-9-11-31(27-33)32-12-10-14-34(28-32)36-24-26-46-42-20-4-2-16-38(42)40-18-6-8-22-44(40)48(46)30-36;1-2-9-28-22-31(17-16-27(28)8-1)33-21-20-32-23-30(18-19-34(32)24-33)29-11-7-12-35(25-29)40-26-36-10-3-4-13-37(36)38-14-5-6-15-39(38)40;1-2-13-29-27(11-1)28-12-3-4-14-30(28)34-22-24(19-20-31(29)34)23-9-7-10-25(21-23)26-16-8-17-33-32-15-5-6-18-35(32)37-36(26)33/h1-30H;1-26H;1-22H. The Kier molecular flexibility index (Phi) is 17.9. The molecule has 0 nitrogen and oxygen atoms in total. The molecule has 25 aromatic carbocycles. The molecule has 1 heteroatoms. The first kappa shape index (κ1) is 73.1. The molecular formula is C124H78S. The Bertz CT molecular complexity index is 8580. The zero-order valence-corrected chi connectivity index (χ0v) is 69.3. The van der Waals surface area contributed by atoms with Crippen LogP contribution in [0.5, 0.6) is 0 Å². The van der Waals surface area contributed by atoms with E-state index in [1.807, 2.05) is 11.3 Å². The molecule has 0 radical (unpaired) electrons. The van der Waals surface area contributed by atoms with Gasteiger partial charge >= 0.3 is 0 Å². The summed E-state index contributed by atoms with van der Waals surface area (Å²) in [6.07, 6.45) is 0. The van der Waals surface area contributed by atoms with Gasteiger partial charge in [0, 0.05) is 20.2 Å². The smallest absolute Gasteiger partial charge is 0.0433 e. The average Bonchev–Trinajstić information content (AvgIpc) is 1.14. The fourth-order valence-electron chi connectivity index (χ4n) is 20.0. The van der Waals surface area contributed by atoms with Crippen LogP contribution in [0.3, 0.4) is 0 Å². The van der Waals surface area contributed by atoms with Gasteiger partial charge in [0.25, 0.3) is 0 Å². The fraction of sp³-hybridized carbons (Fsp3) is 0. The lowest BCUT2D eigenvalue weighted by Crippen LogP contribution is -1.87. The van der Waals surface area contributed by atoms with Crippen LogP contribution in [0.1, 0.15) is 0 Å². The predicted octanol–water partition coefficient (Wildman–Crippen LogP) is 35.8. The van der Waals surface area contributed by atoms with E-state index in [4.69, 9.17) is 0 Å². The molecule has 0 saturated carbocycles. The molecule has 0 spiro atoms. The van der Waals surface area contributed by atoms with E-state index in [1.165, 1.54) is 249 Å². The van der Waals surface area contributed by atoms with Gasteiger partial charge in [0.1, 0.15) is 0 Å². The third kappa shape index (κ3) is 13.0. The van der Waals surface area contributed by atoms with E-state index >= 15 is 0 Å². The quantitative estimate of drug-likeness (QED) is 0.133. The monoisotopic (exact) mass is 1600 g/mol. The Morgan fingerprint density at radius 3 is 0.744 bits per heavy atom. The zero-order valence-electron chi connectivity index (χ0n) is 68.4. The summed E-state index contributed by atoms with van der Waals surface area (Å²) in [5.41, 5.74) is 19.9. The van der Waals surface area contributed by atoms with E-state index in [9.17, 15) is 0 Å². The predicted molar refractivity (Wildman–Crippen MR) is 543 cm³/mol. The zero-order chi connectivity index (χ0) is 82.4. The molecule has 125 heavy (non-hydrogen) atoms. The van der Waals surface area contributed by atoms with Gasteiger partial charge in [0.15, 0.2) is 0 Å². The molecule has 0 bridgehead atoms. The average molecular weight is 1600 g/mol. The fourth-order valence-corrected chi connectivity index (χ4v) is 21.2. The summed E-state index contributed by atoms with van der Waals surface area (Å²) in [6.45, 7) is 0. The first-order valence-corrected chi connectivity index (χ1v) is 44.0. The highest BCUT2D eigenvalue weighted by Gasteiger charge is 2.19. The van der Waals surface area contributed by atoms with Crippen LogP contribution in [0.15, 0.2) is 473 Å². The molecule has 0 saturated heterocycles. The van der Waals surface area contributed by atoms with Crippen molar-refractivity contribution in [3.63, 3.8) is 0 Å². The van der Waals surface area contributed by atoms with Crippen molar-refractivity contribution in [1.82, 2.24) is 0 Å². The SMILES string of the molecule is c1cc(-c2ccc3c4ccccc4c4ccccc4c3c2)cc(-c2cccc3c2sc2ccccc23)c1.c1cc(-c2ccc3cc(-c4ccc5ccccc5c4)ccc3c2)cc(-c2cc3ccccc3c3ccccc23)c1.c1cc(-c2cccc(-c3ccc4c5ccccc5c5ccccc5c4c3)c2)cc(-c2ccc3c4ccccc4c4ccccc4c3c2)c1. The van der Waals surface area contributed by atoms with Gasteiger partial charge in [-0.05, 0) is 302 Å². The summed E-state index contributed by atoms with van der Waals surface area (Å²) in [5.74, 6) is 0. The summed E-state index contributed by atoms with van der Waals surface area (Å²) in [7, 11) is 0. The second-order valence-electron chi connectivity index (χ2n) is 33.2. The lowest BCUT2D eigenvalue weighted by molar-refractivity contribution is 1.59. The van der Waals surface area contributed by atoms with Crippen LogP contribution in [-0.2, 0) is 0 Å². The van der Waals surface area contributed by atoms with Crippen LogP contribution >= 0.6 is 11.3 Å². The third-order valence-electron chi connectivity index (χ3n) is 26.1. The highest BCUT2D eigenvalue weighted by molar-refractivity contribution is 7.26. The molecule has 0 aliphatic rings. The van der Waals surface area contributed by atoms with Crippen molar-refractivity contribution in [3.8, 4) is 89.0 Å². The lowest BCUT2D eigenvalue weighted by Gasteiger charge is -2.13. The van der Waals surface area contributed by atoms with E-state index in [-0.39, 0.29) is 0 Å². The second-order valence-corrected chi connectivity index (χ2v) is 34.2. The van der Waals surface area contributed by atoms with E-state index in [0.29, 0.717) is 0 Å². The molecule has 1 heterocycles. The summed E-state index contributed by atoms with van der Waals surface area (Å²) in [5, 5.41) is 36.4. The van der Waals surface area contributed by atoms with Gasteiger partial charge in [-0.3, -0.25) is 0 Å². The molecule has 1 aromatic heterocycles. The molecule has 0 aliphatic heterocycles. The number of rotatable bonds is 8. The summed E-state index contributed by atoms with van der Waals surface area (Å²) >= 11 is 1.89. The lowest BCUT2D eigenvalue weighted by atomic mass is 9.90. The molecule has 0 N–H and O–H groups in total. The van der Waals surface area contributed by atoms with E-state index in [2.05, 4.69) is 473 Å². The van der Waals surface area contributed by atoms with Gasteiger partial charge in [-0.25, -0.2) is 0 Å². The van der Waals surface area contributed by atoms with Crippen molar-refractivity contribution >= 4 is 172 Å². The van der Waals surface area contributed by atoms with Gasteiger partial charge in [-0.1, -0.05) is 400 Å². The van der Waals surface area contributed by atoms with Gasteiger partial charge < -0.3 is 0 Å². The largest absolute Gasteiger partial charge is 0.135 e. The van der Waals surface area contributed by atoms with E-state index < -0.39 is 0 Å². The molecule has 580 valence electrons. The summed E-state index contributed by atoms with van der Waals surface area (Å²) < 4.78 is 2.70. The minimum absolute atomic E-state index is 1.22. The van der Waals surface area contributed by atoms with Crippen molar-refractivity contribution in [2.45, 2.75) is 0 Å². The van der Waals surface area contributed by atoms with Gasteiger partial charge in [0.2, 0.25) is 0 Å². The minimum atomic E-state index is 1.22. The van der Waals surface area contributed by atoms with Crippen LogP contribution in [0.4, 0.5) is 0 Å². The van der Waals surface area contributed by atoms with Crippen molar-refractivity contribution in [3.05, 3.63) is 473 Å². The number of benzene rings is 25.